The summed E-state index contributed by atoms with van der Waals surface area (Å²) in [5, 5.41) is 7.57. The van der Waals surface area contributed by atoms with Gasteiger partial charge in [0.1, 0.15) is 5.60 Å². The van der Waals surface area contributed by atoms with Crippen molar-refractivity contribution in [1.82, 2.24) is 15.1 Å². The standard InChI is InChI=1S/C15H17N3O3/c1-15(2,3)21-14(19)18-7-11-5-4-10(6-12(11)8-18)13-17-16-9-20-13/h4-6,9H,7-8H2,1-3H3. The topological polar surface area (TPSA) is 68.5 Å². The summed E-state index contributed by atoms with van der Waals surface area (Å²) in [6.07, 6.45) is 1.01. The number of aromatic nitrogens is 2. The zero-order chi connectivity index (χ0) is 15.0. The summed E-state index contributed by atoms with van der Waals surface area (Å²) in [7, 11) is 0. The summed E-state index contributed by atoms with van der Waals surface area (Å²) in [6.45, 7) is 6.69. The van der Waals surface area contributed by atoms with Gasteiger partial charge in [0.15, 0.2) is 0 Å². The molecule has 0 fully saturated rings. The van der Waals surface area contributed by atoms with Gasteiger partial charge in [0.25, 0.3) is 0 Å². The Bertz CT molecular complexity index is 659. The van der Waals surface area contributed by atoms with Gasteiger partial charge >= 0.3 is 6.09 Å². The Morgan fingerprint density at radius 3 is 2.71 bits per heavy atom. The van der Waals surface area contributed by atoms with E-state index in [1.165, 1.54) is 6.39 Å². The maximum atomic E-state index is 12.1. The normalized spacial score (nSPS) is 14.1. The molecule has 1 amide bonds. The van der Waals surface area contributed by atoms with E-state index in [0.717, 1.165) is 16.7 Å². The summed E-state index contributed by atoms with van der Waals surface area (Å²) in [6, 6.07) is 5.89. The van der Waals surface area contributed by atoms with E-state index in [2.05, 4.69) is 10.2 Å². The molecule has 6 heteroatoms. The minimum Gasteiger partial charge on any atom is -0.444 e. The van der Waals surface area contributed by atoms with E-state index in [1.54, 1.807) is 4.90 Å². The number of carbonyl (C=O) groups excluding carboxylic acids is 1. The molecule has 21 heavy (non-hydrogen) atoms. The fourth-order valence-electron chi connectivity index (χ4n) is 2.28. The third-order valence-electron chi connectivity index (χ3n) is 3.19. The van der Waals surface area contributed by atoms with E-state index in [9.17, 15) is 4.79 Å². The van der Waals surface area contributed by atoms with Crippen molar-refractivity contribution in [3.63, 3.8) is 0 Å². The van der Waals surface area contributed by atoms with Crippen molar-refractivity contribution < 1.29 is 13.9 Å². The van der Waals surface area contributed by atoms with E-state index in [0.29, 0.717) is 19.0 Å². The van der Waals surface area contributed by atoms with Crippen LogP contribution in [0.5, 0.6) is 0 Å². The first-order valence-corrected chi connectivity index (χ1v) is 6.79. The fourth-order valence-corrected chi connectivity index (χ4v) is 2.28. The van der Waals surface area contributed by atoms with Crippen LogP contribution in [0.3, 0.4) is 0 Å². The van der Waals surface area contributed by atoms with Crippen molar-refractivity contribution in [2.24, 2.45) is 0 Å². The van der Waals surface area contributed by atoms with Gasteiger partial charge in [-0.25, -0.2) is 4.79 Å². The van der Waals surface area contributed by atoms with Crippen molar-refractivity contribution in [2.75, 3.05) is 0 Å². The molecule has 0 radical (unpaired) electrons. The quantitative estimate of drug-likeness (QED) is 0.806. The Morgan fingerprint density at radius 2 is 2.05 bits per heavy atom. The highest BCUT2D eigenvalue weighted by Gasteiger charge is 2.28. The van der Waals surface area contributed by atoms with Crippen LogP contribution in [0, 0.1) is 0 Å². The van der Waals surface area contributed by atoms with Gasteiger partial charge < -0.3 is 9.15 Å². The van der Waals surface area contributed by atoms with Crippen molar-refractivity contribution in [2.45, 2.75) is 39.5 Å². The lowest BCUT2D eigenvalue weighted by molar-refractivity contribution is 0.0242. The molecule has 3 rings (SSSR count). The molecule has 0 aliphatic carbocycles. The van der Waals surface area contributed by atoms with Gasteiger partial charge in [0.2, 0.25) is 12.3 Å². The molecular formula is C15H17N3O3. The van der Waals surface area contributed by atoms with Gasteiger partial charge in [-0.15, -0.1) is 10.2 Å². The number of fused-ring (bicyclic) bond motifs is 1. The molecule has 110 valence electrons. The summed E-state index contributed by atoms with van der Waals surface area (Å²) in [5.41, 5.74) is 2.57. The van der Waals surface area contributed by atoms with Gasteiger partial charge in [0.05, 0.1) is 0 Å². The van der Waals surface area contributed by atoms with E-state index in [-0.39, 0.29) is 6.09 Å². The van der Waals surface area contributed by atoms with Crippen molar-refractivity contribution in [3.8, 4) is 11.5 Å². The first-order chi connectivity index (χ1) is 9.92. The lowest BCUT2D eigenvalue weighted by Crippen LogP contribution is -2.33. The number of benzene rings is 1. The molecule has 1 aliphatic heterocycles. The van der Waals surface area contributed by atoms with Gasteiger partial charge in [0, 0.05) is 18.7 Å². The first-order valence-electron chi connectivity index (χ1n) is 6.79. The third kappa shape index (κ3) is 2.89. The summed E-state index contributed by atoms with van der Waals surface area (Å²) < 4.78 is 10.6. The first kappa shape index (κ1) is 13.6. The molecule has 0 bridgehead atoms. The molecule has 1 aromatic carbocycles. The molecule has 0 N–H and O–H groups in total. The van der Waals surface area contributed by atoms with Gasteiger partial charge in [-0.05, 0) is 44.0 Å². The molecule has 0 saturated heterocycles. The molecule has 2 heterocycles. The number of carbonyl (C=O) groups is 1. The molecule has 6 nitrogen and oxygen atoms in total. The number of nitrogens with zero attached hydrogens (tertiary/aromatic N) is 3. The molecule has 1 aliphatic rings. The Kier molecular flexibility index (Phi) is 3.16. The Morgan fingerprint density at radius 1 is 1.29 bits per heavy atom. The minimum atomic E-state index is -0.485. The summed E-state index contributed by atoms with van der Waals surface area (Å²) >= 11 is 0. The number of rotatable bonds is 1. The van der Waals surface area contributed by atoms with Crippen LogP contribution in [0.4, 0.5) is 4.79 Å². The highest BCUT2D eigenvalue weighted by Crippen LogP contribution is 2.28. The number of hydrogen-bond donors (Lipinski definition) is 0. The second-order valence-electron chi connectivity index (χ2n) is 6.06. The van der Waals surface area contributed by atoms with Crippen LogP contribution in [0.2, 0.25) is 0 Å². The predicted octanol–water partition coefficient (Wildman–Crippen LogP) is 2.99. The van der Waals surface area contributed by atoms with Gasteiger partial charge in [-0.3, -0.25) is 4.90 Å². The smallest absolute Gasteiger partial charge is 0.410 e. The number of amides is 1. The van der Waals surface area contributed by atoms with Crippen LogP contribution in [0.15, 0.2) is 29.0 Å². The molecule has 0 spiro atoms. The van der Waals surface area contributed by atoms with Crippen LogP contribution in [0.1, 0.15) is 31.9 Å². The maximum Gasteiger partial charge on any atom is 0.410 e. The molecular weight excluding hydrogens is 270 g/mol. The van der Waals surface area contributed by atoms with Crippen molar-refractivity contribution in [1.29, 1.82) is 0 Å². The van der Waals surface area contributed by atoms with E-state index in [4.69, 9.17) is 9.15 Å². The average molecular weight is 287 g/mol. The highest BCUT2D eigenvalue weighted by molar-refractivity contribution is 5.70. The van der Waals surface area contributed by atoms with Gasteiger partial charge in [-0.2, -0.15) is 0 Å². The number of hydrogen-bond acceptors (Lipinski definition) is 5. The monoisotopic (exact) mass is 287 g/mol. The molecule has 1 aromatic heterocycles. The SMILES string of the molecule is CC(C)(C)OC(=O)N1Cc2ccc(-c3nnco3)cc2C1. The largest absolute Gasteiger partial charge is 0.444 e. The summed E-state index contributed by atoms with van der Waals surface area (Å²) in [5.74, 6) is 0.480. The van der Waals surface area contributed by atoms with E-state index in [1.807, 2.05) is 39.0 Å². The van der Waals surface area contributed by atoms with Crippen LogP contribution in [0.25, 0.3) is 11.5 Å². The predicted molar refractivity (Wildman–Crippen MR) is 75.2 cm³/mol. The third-order valence-corrected chi connectivity index (χ3v) is 3.19. The van der Waals surface area contributed by atoms with Gasteiger partial charge in [-0.1, -0.05) is 6.07 Å². The zero-order valence-corrected chi connectivity index (χ0v) is 12.3. The Balaban J connectivity index is 1.77. The molecule has 0 atom stereocenters. The molecule has 0 saturated carbocycles. The van der Waals surface area contributed by atoms with Crippen LogP contribution in [-0.2, 0) is 17.8 Å². The highest BCUT2D eigenvalue weighted by atomic mass is 16.6. The number of ether oxygens (including phenoxy) is 1. The van der Waals surface area contributed by atoms with Crippen molar-refractivity contribution >= 4 is 6.09 Å². The van der Waals surface area contributed by atoms with E-state index >= 15 is 0 Å². The Hall–Kier alpha value is -2.37. The zero-order valence-electron chi connectivity index (χ0n) is 12.3. The van der Waals surface area contributed by atoms with Crippen LogP contribution in [-0.4, -0.2) is 26.8 Å². The average Bonchev–Trinajstić information content (AvgIpc) is 3.05. The Labute approximate surface area is 122 Å². The van der Waals surface area contributed by atoms with Crippen LogP contribution >= 0.6 is 0 Å². The lowest BCUT2D eigenvalue weighted by atomic mass is 10.1. The van der Waals surface area contributed by atoms with Crippen molar-refractivity contribution in [3.05, 3.63) is 35.7 Å². The maximum absolute atomic E-state index is 12.1. The lowest BCUT2D eigenvalue weighted by Gasteiger charge is -2.24. The molecule has 2 aromatic rings. The van der Waals surface area contributed by atoms with Crippen LogP contribution < -0.4 is 0 Å². The fraction of sp³-hybridized carbons (Fsp3) is 0.400. The second-order valence-corrected chi connectivity index (χ2v) is 6.06. The second kappa shape index (κ2) is 4.87. The minimum absolute atomic E-state index is 0.293. The van der Waals surface area contributed by atoms with E-state index < -0.39 is 5.60 Å². The summed E-state index contributed by atoms with van der Waals surface area (Å²) in [4.78, 5) is 13.8. The molecule has 0 unspecified atom stereocenters.